The predicted octanol–water partition coefficient (Wildman–Crippen LogP) is 1.02. The van der Waals surface area contributed by atoms with E-state index >= 15 is 0 Å². The summed E-state index contributed by atoms with van der Waals surface area (Å²) in [5.74, 6) is -0.146. The molecule has 1 saturated heterocycles. The molecule has 1 fully saturated rings. The Hall–Kier alpha value is -0.570. The maximum atomic E-state index is 11.7. The average Bonchev–Trinajstić information content (AvgIpc) is 2.17. The lowest BCUT2D eigenvalue weighted by atomic mass is 10.0. The standard InChI is InChI=1S/C10H19NO2/c1-8(9(2)12)10(13)11-6-4-3-5-7-11/h8-9,12H,3-7H2,1-2H3/t8-,9+/m0/s1. The number of carbonyl (C=O) groups excluding carboxylic acids is 1. The van der Waals surface area contributed by atoms with Crippen molar-refractivity contribution in [1.82, 2.24) is 4.90 Å². The first-order chi connectivity index (χ1) is 6.13. The third kappa shape index (κ3) is 2.69. The minimum absolute atomic E-state index is 0.106. The molecule has 0 bridgehead atoms. The molecule has 0 aromatic carbocycles. The summed E-state index contributed by atoms with van der Waals surface area (Å²) >= 11 is 0. The molecular weight excluding hydrogens is 166 g/mol. The van der Waals surface area contributed by atoms with Crippen LogP contribution in [0, 0.1) is 5.92 Å². The summed E-state index contributed by atoms with van der Waals surface area (Å²) < 4.78 is 0. The molecule has 1 N–H and O–H groups in total. The first-order valence-electron chi connectivity index (χ1n) is 5.10. The van der Waals surface area contributed by atoms with Crippen LogP contribution in [0.15, 0.2) is 0 Å². The normalized spacial score (nSPS) is 22.5. The highest BCUT2D eigenvalue weighted by molar-refractivity contribution is 5.79. The monoisotopic (exact) mass is 185 g/mol. The van der Waals surface area contributed by atoms with Crippen molar-refractivity contribution in [3.05, 3.63) is 0 Å². The molecule has 1 heterocycles. The SMILES string of the molecule is C[C@H](C(=O)N1CCCCC1)[C@@H](C)O. The Morgan fingerprint density at radius 2 is 1.77 bits per heavy atom. The molecule has 0 radical (unpaired) electrons. The van der Waals surface area contributed by atoms with Gasteiger partial charge < -0.3 is 10.0 Å². The van der Waals surface area contributed by atoms with Gasteiger partial charge in [-0.2, -0.15) is 0 Å². The third-order valence-electron chi connectivity index (χ3n) is 2.78. The fraction of sp³-hybridized carbons (Fsp3) is 0.900. The minimum atomic E-state index is -0.533. The molecule has 13 heavy (non-hydrogen) atoms. The first-order valence-corrected chi connectivity index (χ1v) is 5.10. The van der Waals surface area contributed by atoms with Crippen molar-refractivity contribution in [2.75, 3.05) is 13.1 Å². The number of aliphatic hydroxyl groups excluding tert-OH is 1. The van der Waals surface area contributed by atoms with Gasteiger partial charge in [0.05, 0.1) is 12.0 Å². The van der Waals surface area contributed by atoms with Crippen LogP contribution in [0.4, 0.5) is 0 Å². The zero-order chi connectivity index (χ0) is 9.84. The average molecular weight is 185 g/mol. The summed E-state index contributed by atoms with van der Waals surface area (Å²) in [7, 11) is 0. The molecule has 2 atom stereocenters. The van der Waals surface area contributed by atoms with Gasteiger partial charge in [0.15, 0.2) is 0 Å². The van der Waals surface area contributed by atoms with Gasteiger partial charge >= 0.3 is 0 Å². The molecule has 1 amide bonds. The Bertz CT molecular complexity index is 174. The number of rotatable bonds is 2. The smallest absolute Gasteiger partial charge is 0.227 e. The van der Waals surface area contributed by atoms with E-state index in [-0.39, 0.29) is 11.8 Å². The summed E-state index contributed by atoms with van der Waals surface area (Å²) in [6, 6.07) is 0. The van der Waals surface area contributed by atoms with Gasteiger partial charge in [0, 0.05) is 13.1 Å². The second-order valence-corrected chi connectivity index (χ2v) is 3.92. The molecule has 1 aliphatic heterocycles. The van der Waals surface area contributed by atoms with Crippen LogP contribution in [0.2, 0.25) is 0 Å². The summed E-state index contributed by atoms with van der Waals surface area (Å²) in [6.45, 7) is 5.21. The second-order valence-electron chi connectivity index (χ2n) is 3.92. The number of likely N-dealkylation sites (tertiary alicyclic amines) is 1. The maximum Gasteiger partial charge on any atom is 0.227 e. The molecule has 0 spiro atoms. The quantitative estimate of drug-likeness (QED) is 0.697. The van der Waals surface area contributed by atoms with Crippen LogP contribution in [0.1, 0.15) is 33.1 Å². The highest BCUT2D eigenvalue weighted by atomic mass is 16.3. The lowest BCUT2D eigenvalue weighted by Gasteiger charge is -2.30. The van der Waals surface area contributed by atoms with Crippen LogP contribution >= 0.6 is 0 Å². The fourth-order valence-corrected chi connectivity index (χ4v) is 1.61. The van der Waals surface area contributed by atoms with Crippen LogP contribution < -0.4 is 0 Å². The van der Waals surface area contributed by atoms with Crippen LogP contribution in [0.3, 0.4) is 0 Å². The van der Waals surface area contributed by atoms with Crippen LogP contribution in [-0.4, -0.2) is 35.1 Å². The summed E-state index contributed by atoms with van der Waals surface area (Å²) in [6.07, 6.45) is 2.91. The number of hydrogen-bond donors (Lipinski definition) is 1. The number of hydrogen-bond acceptors (Lipinski definition) is 2. The Morgan fingerprint density at radius 3 is 2.23 bits per heavy atom. The predicted molar refractivity (Wildman–Crippen MR) is 51.3 cm³/mol. The van der Waals surface area contributed by atoms with Crippen molar-refractivity contribution in [3.8, 4) is 0 Å². The maximum absolute atomic E-state index is 11.7. The molecular formula is C10H19NO2. The Balaban J connectivity index is 2.45. The molecule has 0 unspecified atom stereocenters. The van der Waals surface area contributed by atoms with Gasteiger partial charge in [-0.3, -0.25) is 4.79 Å². The van der Waals surface area contributed by atoms with Gasteiger partial charge in [0.1, 0.15) is 0 Å². The molecule has 0 aliphatic carbocycles. The van der Waals surface area contributed by atoms with Crippen LogP contribution in [0.25, 0.3) is 0 Å². The topological polar surface area (TPSA) is 40.5 Å². The second kappa shape index (κ2) is 4.61. The summed E-state index contributed by atoms with van der Waals surface area (Å²) in [5.41, 5.74) is 0. The summed E-state index contributed by atoms with van der Waals surface area (Å²) in [4.78, 5) is 13.6. The van der Waals surface area contributed by atoms with Crippen molar-refractivity contribution in [2.24, 2.45) is 5.92 Å². The fourth-order valence-electron chi connectivity index (χ4n) is 1.61. The van der Waals surface area contributed by atoms with Crippen molar-refractivity contribution in [2.45, 2.75) is 39.2 Å². The van der Waals surface area contributed by atoms with Gasteiger partial charge in [0.25, 0.3) is 0 Å². The Kier molecular flexibility index (Phi) is 3.72. The van der Waals surface area contributed by atoms with Crippen molar-refractivity contribution in [3.63, 3.8) is 0 Å². The van der Waals surface area contributed by atoms with Gasteiger partial charge in [-0.25, -0.2) is 0 Å². The molecule has 1 rings (SSSR count). The molecule has 76 valence electrons. The van der Waals surface area contributed by atoms with Crippen LogP contribution in [0.5, 0.6) is 0 Å². The van der Waals surface area contributed by atoms with Crippen LogP contribution in [-0.2, 0) is 4.79 Å². The zero-order valence-corrected chi connectivity index (χ0v) is 8.49. The summed E-state index contributed by atoms with van der Waals surface area (Å²) in [5, 5.41) is 9.27. The molecule has 0 aromatic heterocycles. The zero-order valence-electron chi connectivity index (χ0n) is 8.49. The van der Waals surface area contributed by atoms with E-state index in [1.54, 1.807) is 13.8 Å². The van der Waals surface area contributed by atoms with E-state index in [1.165, 1.54) is 6.42 Å². The Labute approximate surface area is 79.7 Å². The molecule has 0 aromatic rings. The van der Waals surface area contributed by atoms with Gasteiger partial charge in [0.2, 0.25) is 5.91 Å². The Morgan fingerprint density at radius 1 is 1.23 bits per heavy atom. The van der Waals surface area contributed by atoms with Crippen molar-refractivity contribution >= 4 is 5.91 Å². The number of carbonyl (C=O) groups is 1. The van der Waals surface area contributed by atoms with E-state index in [0.29, 0.717) is 0 Å². The molecule has 3 heteroatoms. The lowest BCUT2D eigenvalue weighted by Crippen LogP contribution is -2.41. The van der Waals surface area contributed by atoms with E-state index in [1.807, 2.05) is 4.90 Å². The molecule has 1 aliphatic rings. The van der Waals surface area contributed by atoms with E-state index in [9.17, 15) is 9.90 Å². The highest BCUT2D eigenvalue weighted by Crippen LogP contribution is 2.14. The molecule has 3 nitrogen and oxygen atoms in total. The number of aliphatic hydroxyl groups is 1. The number of piperidine rings is 1. The lowest BCUT2D eigenvalue weighted by molar-refractivity contribution is -0.139. The number of amides is 1. The van der Waals surface area contributed by atoms with E-state index in [4.69, 9.17) is 0 Å². The minimum Gasteiger partial charge on any atom is -0.393 e. The third-order valence-corrected chi connectivity index (χ3v) is 2.78. The van der Waals surface area contributed by atoms with Crippen molar-refractivity contribution < 1.29 is 9.90 Å². The van der Waals surface area contributed by atoms with E-state index in [2.05, 4.69) is 0 Å². The first kappa shape index (κ1) is 10.5. The number of nitrogens with zero attached hydrogens (tertiary/aromatic N) is 1. The van der Waals surface area contributed by atoms with Crippen molar-refractivity contribution in [1.29, 1.82) is 0 Å². The van der Waals surface area contributed by atoms with E-state index < -0.39 is 6.10 Å². The molecule has 0 saturated carbocycles. The highest BCUT2D eigenvalue weighted by Gasteiger charge is 2.24. The largest absolute Gasteiger partial charge is 0.393 e. The van der Waals surface area contributed by atoms with Gasteiger partial charge in [-0.1, -0.05) is 6.92 Å². The van der Waals surface area contributed by atoms with E-state index in [0.717, 1.165) is 25.9 Å². The van der Waals surface area contributed by atoms with Gasteiger partial charge in [-0.15, -0.1) is 0 Å². The van der Waals surface area contributed by atoms with Gasteiger partial charge in [-0.05, 0) is 26.2 Å².